The first-order chi connectivity index (χ1) is 12.0. The molecule has 0 aliphatic heterocycles. The second-order valence-electron chi connectivity index (χ2n) is 6.96. The van der Waals surface area contributed by atoms with Crippen LogP contribution in [-0.4, -0.2) is 7.05 Å². The Labute approximate surface area is 148 Å². The molecule has 0 fully saturated rings. The molecule has 0 spiro atoms. The lowest BCUT2D eigenvalue weighted by molar-refractivity contribution is -0.907. The Morgan fingerprint density at radius 1 is 0.960 bits per heavy atom. The number of rotatable bonds is 5. The van der Waals surface area contributed by atoms with Gasteiger partial charge in [-0.05, 0) is 37.0 Å². The van der Waals surface area contributed by atoms with Gasteiger partial charge in [-0.2, -0.15) is 0 Å². The van der Waals surface area contributed by atoms with E-state index in [1.54, 1.807) is 6.07 Å². The number of quaternary nitrogens is 1. The van der Waals surface area contributed by atoms with Gasteiger partial charge in [0.1, 0.15) is 18.7 Å². The van der Waals surface area contributed by atoms with Crippen LogP contribution >= 0.6 is 0 Å². The Bertz CT molecular complexity index is 939. The van der Waals surface area contributed by atoms with Gasteiger partial charge in [0.15, 0.2) is 0 Å². The van der Waals surface area contributed by atoms with Crippen LogP contribution in [-0.2, 0) is 19.5 Å². The van der Waals surface area contributed by atoms with E-state index in [4.69, 9.17) is 4.42 Å². The first kappa shape index (κ1) is 17.4. The molecule has 1 aromatic heterocycles. The molecule has 2 aromatic carbocycles. The summed E-state index contributed by atoms with van der Waals surface area (Å²) < 4.78 is 5.47. The van der Waals surface area contributed by atoms with E-state index in [1.807, 2.05) is 13.8 Å². The van der Waals surface area contributed by atoms with Gasteiger partial charge in [0, 0.05) is 22.6 Å². The topological polar surface area (TPSA) is 34.7 Å². The molecule has 3 aromatic rings. The molecule has 0 saturated heterocycles. The minimum absolute atomic E-state index is 0.267. The summed E-state index contributed by atoms with van der Waals surface area (Å²) in [6, 6.07) is 14.6. The molecule has 0 radical (unpaired) electrons. The fourth-order valence-corrected chi connectivity index (χ4v) is 3.30. The van der Waals surface area contributed by atoms with Crippen LogP contribution < -0.4 is 10.5 Å². The number of hydrogen-bond acceptors (Lipinski definition) is 2. The molecule has 3 heteroatoms. The van der Waals surface area contributed by atoms with Crippen molar-refractivity contribution in [1.29, 1.82) is 0 Å². The number of benzene rings is 2. The largest absolute Gasteiger partial charge is 0.422 e. The standard InChI is InChI=1S/C22H25NO2/c1-5-17-7-9-18(10-8-17)13-23(4)14-19-12-21(24)25-22-16(3)15(2)6-11-20(19)22/h6-12H,5,13-14H2,1-4H3/p+1. The molecule has 0 saturated carbocycles. The van der Waals surface area contributed by atoms with E-state index < -0.39 is 0 Å². The van der Waals surface area contributed by atoms with Crippen molar-refractivity contribution in [2.45, 2.75) is 40.3 Å². The van der Waals surface area contributed by atoms with Crippen LogP contribution in [0.25, 0.3) is 11.0 Å². The summed E-state index contributed by atoms with van der Waals surface area (Å²) in [5, 5.41) is 1.04. The maximum Gasteiger partial charge on any atom is 0.336 e. The third kappa shape index (κ3) is 3.83. The summed E-state index contributed by atoms with van der Waals surface area (Å²) in [6.07, 6.45) is 1.06. The van der Waals surface area contributed by atoms with Crippen molar-refractivity contribution in [3.63, 3.8) is 0 Å². The van der Waals surface area contributed by atoms with Gasteiger partial charge in [0.05, 0.1) is 7.05 Å². The zero-order valence-corrected chi connectivity index (χ0v) is 15.5. The molecular formula is C22H26NO2+. The van der Waals surface area contributed by atoms with E-state index in [0.29, 0.717) is 0 Å². The van der Waals surface area contributed by atoms with Gasteiger partial charge in [0.2, 0.25) is 0 Å². The van der Waals surface area contributed by atoms with E-state index in [-0.39, 0.29) is 5.63 Å². The van der Waals surface area contributed by atoms with Crippen molar-refractivity contribution in [2.24, 2.45) is 0 Å². The number of nitrogens with one attached hydrogen (secondary N) is 1. The highest BCUT2D eigenvalue weighted by atomic mass is 16.4. The zero-order valence-electron chi connectivity index (χ0n) is 15.5. The monoisotopic (exact) mass is 336 g/mol. The van der Waals surface area contributed by atoms with Crippen molar-refractivity contribution in [2.75, 3.05) is 7.05 Å². The van der Waals surface area contributed by atoms with Gasteiger partial charge in [0.25, 0.3) is 0 Å². The summed E-state index contributed by atoms with van der Waals surface area (Å²) in [5.41, 5.74) is 6.37. The predicted molar refractivity (Wildman–Crippen MR) is 102 cm³/mol. The third-order valence-corrected chi connectivity index (χ3v) is 4.95. The van der Waals surface area contributed by atoms with Gasteiger partial charge in [-0.3, -0.25) is 0 Å². The maximum atomic E-state index is 12.0. The van der Waals surface area contributed by atoms with Crippen molar-refractivity contribution in [3.05, 3.63) is 80.7 Å². The highest BCUT2D eigenvalue weighted by molar-refractivity contribution is 5.83. The van der Waals surface area contributed by atoms with E-state index in [1.165, 1.54) is 16.0 Å². The number of hydrogen-bond donors (Lipinski definition) is 1. The molecule has 1 heterocycles. The number of fused-ring (bicyclic) bond motifs is 1. The Balaban J connectivity index is 1.86. The van der Waals surface area contributed by atoms with Crippen molar-refractivity contribution >= 4 is 11.0 Å². The summed E-state index contributed by atoms with van der Waals surface area (Å²) in [5.74, 6) is 0. The number of aryl methyl sites for hydroxylation is 3. The second kappa shape index (κ2) is 7.24. The first-order valence-corrected chi connectivity index (χ1v) is 8.90. The summed E-state index contributed by atoms with van der Waals surface area (Å²) in [4.78, 5) is 13.3. The summed E-state index contributed by atoms with van der Waals surface area (Å²) >= 11 is 0. The molecule has 130 valence electrons. The van der Waals surface area contributed by atoms with E-state index in [0.717, 1.165) is 47.2 Å². The Kier molecular flexibility index (Phi) is 5.05. The molecule has 25 heavy (non-hydrogen) atoms. The molecule has 3 rings (SSSR count). The van der Waals surface area contributed by atoms with Crippen LogP contribution in [0.1, 0.15) is 34.7 Å². The van der Waals surface area contributed by atoms with Crippen molar-refractivity contribution in [3.8, 4) is 0 Å². The lowest BCUT2D eigenvalue weighted by Gasteiger charge is -2.16. The summed E-state index contributed by atoms with van der Waals surface area (Å²) in [7, 11) is 2.16. The maximum absolute atomic E-state index is 12.0. The quantitative estimate of drug-likeness (QED) is 0.726. The zero-order chi connectivity index (χ0) is 18.0. The van der Waals surface area contributed by atoms with Gasteiger partial charge >= 0.3 is 5.63 Å². The molecule has 1 atom stereocenters. The molecule has 0 aliphatic rings. The first-order valence-electron chi connectivity index (χ1n) is 8.90. The molecule has 3 nitrogen and oxygen atoms in total. The minimum Gasteiger partial charge on any atom is -0.422 e. The average Bonchev–Trinajstić information content (AvgIpc) is 2.59. The molecular weight excluding hydrogens is 310 g/mol. The minimum atomic E-state index is -0.267. The van der Waals surface area contributed by atoms with Crippen molar-refractivity contribution in [1.82, 2.24) is 0 Å². The Morgan fingerprint density at radius 2 is 1.64 bits per heavy atom. The molecule has 1 unspecified atom stereocenters. The highest BCUT2D eigenvalue weighted by Gasteiger charge is 2.13. The van der Waals surface area contributed by atoms with Crippen LogP contribution in [0.4, 0.5) is 0 Å². The van der Waals surface area contributed by atoms with Gasteiger partial charge in [-0.25, -0.2) is 4.79 Å². The molecule has 1 N–H and O–H groups in total. The van der Waals surface area contributed by atoms with Crippen LogP contribution in [0.3, 0.4) is 0 Å². The van der Waals surface area contributed by atoms with Crippen LogP contribution in [0, 0.1) is 13.8 Å². The van der Waals surface area contributed by atoms with Gasteiger partial charge in [-0.15, -0.1) is 0 Å². The molecule has 0 amide bonds. The average molecular weight is 336 g/mol. The molecule has 0 bridgehead atoms. The Morgan fingerprint density at radius 3 is 2.32 bits per heavy atom. The third-order valence-electron chi connectivity index (χ3n) is 4.95. The predicted octanol–water partition coefficient (Wildman–Crippen LogP) is 3.19. The lowest BCUT2D eigenvalue weighted by atomic mass is 10.0. The van der Waals surface area contributed by atoms with Crippen LogP contribution in [0.5, 0.6) is 0 Å². The molecule has 0 aliphatic carbocycles. The second-order valence-corrected chi connectivity index (χ2v) is 6.96. The fraction of sp³-hybridized carbons (Fsp3) is 0.318. The van der Waals surface area contributed by atoms with Gasteiger partial charge < -0.3 is 9.32 Å². The van der Waals surface area contributed by atoms with Crippen LogP contribution in [0.2, 0.25) is 0 Å². The smallest absolute Gasteiger partial charge is 0.336 e. The fourth-order valence-electron chi connectivity index (χ4n) is 3.30. The van der Waals surface area contributed by atoms with Gasteiger partial charge in [-0.1, -0.05) is 43.3 Å². The highest BCUT2D eigenvalue weighted by Crippen LogP contribution is 2.22. The van der Waals surface area contributed by atoms with E-state index >= 15 is 0 Å². The van der Waals surface area contributed by atoms with E-state index in [2.05, 4.69) is 50.4 Å². The Hall–Kier alpha value is -2.39. The normalized spacial score (nSPS) is 12.5. The summed E-state index contributed by atoms with van der Waals surface area (Å²) in [6.45, 7) is 7.94. The van der Waals surface area contributed by atoms with Crippen molar-refractivity contribution < 1.29 is 9.32 Å². The lowest BCUT2D eigenvalue weighted by Crippen LogP contribution is -3.06. The van der Waals surface area contributed by atoms with E-state index in [9.17, 15) is 4.79 Å². The van der Waals surface area contributed by atoms with Crippen LogP contribution in [0.15, 0.2) is 51.7 Å². The SMILES string of the molecule is CCc1ccc(C[NH+](C)Cc2cc(=O)oc3c(C)c(C)ccc23)cc1.